The molecule has 0 amide bonds. The third-order valence-electron chi connectivity index (χ3n) is 5.06. The fraction of sp³-hybridized carbons (Fsp3) is 0.200. The van der Waals surface area contributed by atoms with Gasteiger partial charge in [0.1, 0.15) is 17.5 Å². The largest absolute Gasteiger partial charge is 0.451 e. The molecule has 34 heavy (non-hydrogen) atoms. The summed E-state index contributed by atoms with van der Waals surface area (Å²) in [5.41, 5.74) is -0.00945. The number of alkyl halides is 3. The summed E-state index contributed by atoms with van der Waals surface area (Å²) in [6, 6.07) is 9.70. The van der Waals surface area contributed by atoms with E-state index in [0.29, 0.717) is 0 Å². The highest BCUT2D eigenvalue weighted by Gasteiger charge is 2.39. The van der Waals surface area contributed by atoms with Crippen LogP contribution in [0.25, 0.3) is 22.4 Å². The summed E-state index contributed by atoms with van der Waals surface area (Å²) < 4.78 is 98.7. The lowest BCUT2D eigenvalue weighted by atomic mass is 9.99. The first-order valence-electron chi connectivity index (χ1n) is 9.61. The minimum Gasteiger partial charge on any atom is -0.337 e. The molecule has 14 heteroatoms. The first-order chi connectivity index (χ1) is 15.7. The van der Waals surface area contributed by atoms with E-state index in [-0.39, 0.29) is 51.3 Å². The quantitative estimate of drug-likeness (QED) is 0.443. The summed E-state index contributed by atoms with van der Waals surface area (Å²) in [4.78, 5) is 8.36. The Kier molecular flexibility index (Phi) is 6.06. The van der Waals surface area contributed by atoms with Gasteiger partial charge in [-0.3, -0.25) is 9.11 Å². The number of nitrogens with two attached hydrogens (primary N) is 1. The Bertz CT molecular complexity index is 1350. The van der Waals surface area contributed by atoms with Crippen LogP contribution < -0.4 is 10.0 Å². The lowest BCUT2D eigenvalue weighted by Gasteiger charge is -2.28. The summed E-state index contributed by atoms with van der Waals surface area (Å²) in [5.74, 6) is -2.84. The number of nitrogens with zero attached hydrogens (tertiary/aromatic N) is 3. The molecule has 4 rings (SSSR count). The van der Waals surface area contributed by atoms with E-state index in [1.165, 1.54) is 35.2 Å². The normalized spacial score (nSPS) is 17.1. The zero-order valence-electron chi connectivity index (χ0n) is 17.2. The Labute approximate surface area is 193 Å². The van der Waals surface area contributed by atoms with Gasteiger partial charge in [-0.25, -0.2) is 27.9 Å². The third-order valence-corrected chi connectivity index (χ3v) is 7.54. The van der Waals surface area contributed by atoms with Gasteiger partial charge in [0.2, 0.25) is 15.8 Å². The summed E-state index contributed by atoms with van der Waals surface area (Å²) in [6.45, 7) is -0.0125. The van der Waals surface area contributed by atoms with Gasteiger partial charge in [-0.2, -0.15) is 23.8 Å². The number of hydrogen-bond donors (Lipinski definition) is 3. The molecule has 8 nitrogen and oxygen atoms in total. The monoisotopic (exact) mass is 518 g/mol. The Morgan fingerprint density at radius 3 is 2.26 bits per heavy atom. The second-order valence-electron chi connectivity index (χ2n) is 7.57. The fourth-order valence-corrected chi connectivity index (χ4v) is 5.47. The van der Waals surface area contributed by atoms with Crippen LogP contribution in [0.1, 0.15) is 5.82 Å². The average Bonchev–Trinajstić information content (AvgIpc) is 3.12. The van der Waals surface area contributed by atoms with E-state index in [1.807, 2.05) is 0 Å². The van der Waals surface area contributed by atoms with Crippen molar-refractivity contribution in [1.29, 1.82) is 0 Å². The molecule has 0 saturated carbocycles. The summed E-state index contributed by atoms with van der Waals surface area (Å²) in [6.07, 6.45) is -4.95. The molecule has 0 atom stereocenters. The minimum absolute atomic E-state index is 0.00204. The van der Waals surface area contributed by atoms with Crippen LogP contribution in [0.3, 0.4) is 0 Å². The van der Waals surface area contributed by atoms with Crippen LogP contribution in [0.15, 0.2) is 53.4 Å². The molecular formula is C20H18F4N4O4S2. The molecule has 3 aromatic rings. The summed E-state index contributed by atoms with van der Waals surface area (Å²) in [5, 5.41) is 5.22. The van der Waals surface area contributed by atoms with Gasteiger partial charge in [0.05, 0.1) is 21.9 Å². The van der Waals surface area contributed by atoms with E-state index in [9.17, 15) is 35.1 Å². The topological polar surface area (TPSA) is 130 Å². The zero-order valence-corrected chi connectivity index (χ0v) is 18.8. The average molecular weight is 519 g/mol. The lowest BCUT2D eigenvalue weighted by molar-refractivity contribution is -0.144. The van der Waals surface area contributed by atoms with Crippen molar-refractivity contribution in [3.63, 3.8) is 0 Å². The number of rotatable bonds is 4. The van der Waals surface area contributed by atoms with Crippen LogP contribution in [-0.4, -0.2) is 45.7 Å². The van der Waals surface area contributed by atoms with Crippen molar-refractivity contribution in [2.45, 2.75) is 11.1 Å². The number of hydrogen-bond acceptors (Lipinski definition) is 7. The molecule has 0 aliphatic carbocycles. The maximum absolute atomic E-state index is 13.7. The standard InChI is InChI=1S/C20H18F4N4O4S2/c21-14-6-4-12(5-7-14)17-16(13-2-1-3-15(10-13)34(25,31)32)18(27-19(26-17)20(22,23)24)28-8-9-33(29,30)11-28/h1-7,10,29-30H,8-9,11H2,(H2,25,31,32). The summed E-state index contributed by atoms with van der Waals surface area (Å²) in [7, 11) is -7.24. The highest BCUT2D eigenvalue weighted by atomic mass is 32.3. The van der Waals surface area contributed by atoms with Crippen molar-refractivity contribution < 1.29 is 35.1 Å². The maximum Gasteiger partial charge on any atom is 0.451 e. The number of primary sulfonamides is 1. The molecule has 2 heterocycles. The molecule has 0 radical (unpaired) electrons. The molecular weight excluding hydrogens is 500 g/mol. The number of anilines is 1. The molecule has 4 N–H and O–H groups in total. The number of aromatic nitrogens is 2. The highest BCUT2D eigenvalue weighted by Crippen LogP contribution is 2.48. The van der Waals surface area contributed by atoms with E-state index in [1.54, 1.807) is 0 Å². The molecule has 0 unspecified atom stereocenters. The first kappa shape index (κ1) is 24.3. The van der Waals surface area contributed by atoms with Gasteiger partial charge in [-0.15, -0.1) is 0 Å². The van der Waals surface area contributed by atoms with Crippen molar-refractivity contribution in [3.8, 4) is 22.4 Å². The third kappa shape index (κ3) is 5.00. The molecule has 0 bridgehead atoms. The van der Waals surface area contributed by atoms with Crippen molar-refractivity contribution in [2.24, 2.45) is 5.14 Å². The minimum atomic E-state index is -4.95. The predicted octanol–water partition coefficient (Wildman–Crippen LogP) is 4.14. The lowest BCUT2D eigenvalue weighted by Crippen LogP contribution is -2.24. The molecule has 0 spiro atoms. The van der Waals surface area contributed by atoms with Crippen LogP contribution in [0, 0.1) is 5.82 Å². The Morgan fingerprint density at radius 1 is 1.03 bits per heavy atom. The number of halogens is 4. The summed E-state index contributed by atoms with van der Waals surface area (Å²) >= 11 is 0. The molecule has 1 aliphatic rings. The molecule has 182 valence electrons. The van der Waals surface area contributed by atoms with Crippen LogP contribution in [0.5, 0.6) is 0 Å². The highest BCUT2D eigenvalue weighted by molar-refractivity contribution is 8.24. The van der Waals surface area contributed by atoms with Gasteiger partial charge in [0, 0.05) is 12.1 Å². The van der Waals surface area contributed by atoms with Crippen LogP contribution in [0.4, 0.5) is 23.4 Å². The van der Waals surface area contributed by atoms with Crippen molar-refractivity contribution >= 4 is 26.4 Å². The van der Waals surface area contributed by atoms with Gasteiger partial charge in [0.15, 0.2) is 0 Å². The van der Waals surface area contributed by atoms with Gasteiger partial charge in [-0.1, -0.05) is 12.1 Å². The van der Waals surface area contributed by atoms with Crippen LogP contribution in [0.2, 0.25) is 0 Å². The van der Waals surface area contributed by atoms with Gasteiger partial charge in [0.25, 0.3) is 0 Å². The zero-order chi connectivity index (χ0) is 24.9. The van der Waals surface area contributed by atoms with Crippen molar-refractivity contribution in [3.05, 3.63) is 60.2 Å². The maximum atomic E-state index is 13.7. The van der Waals surface area contributed by atoms with Crippen LogP contribution >= 0.6 is 10.6 Å². The Hall–Kier alpha value is -2.78. The smallest absolute Gasteiger partial charge is 0.337 e. The molecule has 2 aromatic carbocycles. The second kappa shape index (κ2) is 8.46. The van der Waals surface area contributed by atoms with Crippen LogP contribution in [-0.2, 0) is 16.2 Å². The van der Waals surface area contributed by atoms with E-state index >= 15 is 0 Å². The van der Waals surface area contributed by atoms with Gasteiger partial charge < -0.3 is 4.90 Å². The van der Waals surface area contributed by atoms with E-state index in [0.717, 1.165) is 18.2 Å². The number of sulfonamides is 1. The Morgan fingerprint density at radius 2 is 1.71 bits per heavy atom. The first-order valence-corrected chi connectivity index (χ1v) is 13.0. The van der Waals surface area contributed by atoms with E-state index in [4.69, 9.17) is 5.14 Å². The van der Waals surface area contributed by atoms with Gasteiger partial charge in [-0.05, 0) is 42.0 Å². The number of benzene rings is 2. The second-order valence-corrected chi connectivity index (χ2v) is 11.4. The SMILES string of the molecule is NS(=O)(=O)c1cccc(-c2c(-c3ccc(F)cc3)nc(C(F)(F)F)nc2N2CCS(O)(O)C2)c1. The van der Waals surface area contributed by atoms with Gasteiger partial charge >= 0.3 is 6.18 Å². The van der Waals surface area contributed by atoms with E-state index in [2.05, 4.69) is 9.97 Å². The van der Waals surface area contributed by atoms with E-state index < -0.39 is 38.4 Å². The van der Waals surface area contributed by atoms with Crippen molar-refractivity contribution in [1.82, 2.24) is 9.97 Å². The molecule has 1 saturated heterocycles. The Balaban J connectivity index is 2.07. The van der Waals surface area contributed by atoms with Crippen molar-refractivity contribution in [2.75, 3.05) is 23.1 Å². The fourth-order valence-electron chi connectivity index (χ4n) is 3.52. The molecule has 1 fully saturated rings. The molecule has 1 aromatic heterocycles. The predicted molar refractivity (Wildman–Crippen MR) is 119 cm³/mol. The molecule has 1 aliphatic heterocycles.